The zero-order chi connectivity index (χ0) is 22.3. The Morgan fingerprint density at radius 3 is 2.42 bits per heavy atom. The van der Waals surface area contributed by atoms with Gasteiger partial charge in [0.15, 0.2) is 0 Å². The second kappa shape index (κ2) is 6.24. The minimum Gasteiger partial charge on any atom is -0.349 e. The van der Waals surface area contributed by atoms with E-state index in [2.05, 4.69) is 0 Å². The molecule has 5 nitrogen and oxygen atoms in total. The lowest BCUT2D eigenvalue weighted by Crippen LogP contribution is -2.33. The molecule has 162 valence electrons. The van der Waals surface area contributed by atoms with Gasteiger partial charge >= 0.3 is 6.18 Å². The van der Waals surface area contributed by atoms with Crippen LogP contribution in [-0.4, -0.2) is 33.0 Å². The molecule has 2 atom stereocenters. The van der Waals surface area contributed by atoms with Crippen LogP contribution in [-0.2, 0) is 25.7 Å². The van der Waals surface area contributed by atoms with Crippen LogP contribution in [0, 0.1) is 12.8 Å². The molecule has 1 saturated heterocycles. The number of pyridine rings is 1. The number of rotatable bonds is 2. The molecular formula is C23H22F3N3O2. The van der Waals surface area contributed by atoms with E-state index in [0.29, 0.717) is 24.0 Å². The molecule has 1 saturated carbocycles. The molecular weight excluding hydrogens is 407 g/mol. The maximum Gasteiger partial charge on any atom is 0.416 e. The number of aromatic nitrogens is 2. The van der Waals surface area contributed by atoms with Crippen LogP contribution in [0.5, 0.6) is 0 Å². The van der Waals surface area contributed by atoms with Crippen molar-refractivity contribution in [2.24, 2.45) is 20.0 Å². The van der Waals surface area contributed by atoms with Gasteiger partial charge in [0.1, 0.15) is 0 Å². The Bertz CT molecular complexity index is 1290. The molecule has 0 radical (unpaired) electrons. The van der Waals surface area contributed by atoms with Crippen molar-refractivity contribution >= 4 is 16.8 Å². The molecule has 1 aromatic carbocycles. The average Bonchev–Trinajstić information content (AvgIpc) is 3.09. The zero-order valence-electron chi connectivity index (χ0n) is 17.5. The Morgan fingerprint density at radius 1 is 1.10 bits per heavy atom. The largest absolute Gasteiger partial charge is 0.416 e. The van der Waals surface area contributed by atoms with Gasteiger partial charge in [0.2, 0.25) is 0 Å². The number of hydrogen-bond donors (Lipinski definition) is 0. The van der Waals surface area contributed by atoms with Gasteiger partial charge in [-0.25, -0.2) is 0 Å². The second-order valence-corrected chi connectivity index (χ2v) is 8.92. The predicted octanol–water partition coefficient (Wildman–Crippen LogP) is 3.62. The van der Waals surface area contributed by atoms with Crippen molar-refractivity contribution in [2.45, 2.75) is 24.9 Å². The first-order chi connectivity index (χ1) is 14.5. The van der Waals surface area contributed by atoms with Crippen molar-refractivity contribution in [3.8, 4) is 0 Å². The van der Waals surface area contributed by atoms with Gasteiger partial charge in [-0.05, 0) is 42.5 Å². The Kier molecular flexibility index (Phi) is 4.01. The molecule has 0 bridgehead atoms. The highest BCUT2D eigenvalue weighted by molar-refractivity contribution is 6.07. The molecule has 2 fully saturated rings. The number of amides is 1. The summed E-state index contributed by atoms with van der Waals surface area (Å²) >= 11 is 0. The van der Waals surface area contributed by atoms with Crippen molar-refractivity contribution in [1.29, 1.82) is 0 Å². The first-order valence-electron chi connectivity index (χ1n) is 10.2. The molecule has 1 amide bonds. The molecule has 1 aliphatic heterocycles. The number of carbonyl (C=O) groups is 1. The monoisotopic (exact) mass is 429 g/mol. The molecule has 3 aromatic rings. The fraction of sp³-hybridized carbons (Fsp3) is 0.391. The minimum absolute atomic E-state index is 0.202. The van der Waals surface area contributed by atoms with E-state index in [1.807, 2.05) is 18.5 Å². The summed E-state index contributed by atoms with van der Waals surface area (Å²) in [6, 6.07) is 5.30. The standard InChI is InChI=1S/C23H22F3N3O2/c1-13-9-28(3)21(31)18-17(11-27(2)19(13)18)20(30)29-10-16-8-22(16,12-29)14-4-6-15(7-5-14)23(24,25)26/h4-7,9,11,16H,8,10,12H2,1-3H3. The molecule has 2 unspecified atom stereocenters. The highest BCUT2D eigenvalue weighted by Crippen LogP contribution is 2.59. The normalized spacial score (nSPS) is 22.8. The summed E-state index contributed by atoms with van der Waals surface area (Å²) < 4.78 is 42.0. The first-order valence-corrected chi connectivity index (χ1v) is 10.2. The van der Waals surface area contributed by atoms with Crippen molar-refractivity contribution in [1.82, 2.24) is 14.0 Å². The molecule has 0 spiro atoms. The topological polar surface area (TPSA) is 47.2 Å². The van der Waals surface area contributed by atoms with Gasteiger partial charge in [0.25, 0.3) is 11.5 Å². The van der Waals surface area contributed by atoms with E-state index in [4.69, 9.17) is 0 Å². The van der Waals surface area contributed by atoms with Crippen molar-refractivity contribution < 1.29 is 18.0 Å². The summed E-state index contributed by atoms with van der Waals surface area (Å²) in [6.07, 6.45) is -0.0479. The van der Waals surface area contributed by atoms with Gasteiger partial charge in [0.05, 0.1) is 22.0 Å². The second-order valence-electron chi connectivity index (χ2n) is 8.92. The summed E-state index contributed by atoms with van der Waals surface area (Å²) in [7, 11) is 3.48. The van der Waals surface area contributed by atoms with Crippen LogP contribution in [0.25, 0.3) is 10.9 Å². The van der Waals surface area contributed by atoms with Crippen LogP contribution in [0.15, 0.2) is 41.5 Å². The van der Waals surface area contributed by atoms with E-state index in [1.54, 1.807) is 24.3 Å². The third-order valence-electron chi connectivity index (χ3n) is 6.93. The van der Waals surface area contributed by atoms with E-state index < -0.39 is 11.7 Å². The smallest absolute Gasteiger partial charge is 0.349 e. The molecule has 3 heterocycles. The van der Waals surface area contributed by atoms with Gasteiger partial charge in [-0.2, -0.15) is 13.2 Å². The van der Waals surface area contributed by atoms with Crippen LogP contribution >= 0.6 is 0 Å². The number of nitrogens with zero attached hydrogens (tertiary/aromatic N) is 3. The van der Waals surface area contributed by atoms with E-state index in [-0.39, 0.29) is 22.8 Å². The van der Waals surface area contributed by atoms with Gasteiger partial charge in [-0.1, -0.05) is 12.1 Å². The number of hydrogen-bond acceptors (Lipinski definition) is 2. The van der Waals surface area contributed by atoms with Crippen LogP contribution in [0.1, 0.15) is 33.5 Å². The molecule has 8 heteroatoms. The lowest BCUT2D eigenvalue weighted by atomic mass is 9.94. The van der Waals surface area contributed by atoms with Crippen LogP contribution in [0.3, 0.4) is 0 Å². The fourth-order valence-corrected chi connectivity index (χ4v) is 5.31. The first kappa shape index (κ1) is 19.9. The van der Waals surface area contributed by atoms with Crippen molar-refractivity contribution in [3.63, 3.8) is 0 Å². The van der Waals surface area contributed by atoms with Gasteiger partial charge in [-0.15, -0.1) is 0 Å². The average molecular weight is 429 g/mol. The maximum absolute atomic E-state index is 13.4. The summed E-state index contributed by atoms with van der Waals surface area (Å²) in [5.74, 6) is 0.0273. The lowest BCUT2D eigenvalue weighted by molar-refractivity contribution is -0.137. The molecule has 31 heavy (non-hydrogen) atoms. The summed E-state index contributed by atoms with van der Waals surface area (Å²) in [5, 5.41) is 0.416. The molecule has 1 aliphatic carbocycles. The van der Waals surface area contributed by atoms with E-state index in [1.165, 1.54) is 16.7 Å². The third kappa shape index (κ3) is 2.84. The lowest BCUT2D eigenvalue weighted by Gasteiger charge is -2.21. The predicted molar refractivity (Wildman–Crippen MR) is 110 cm³/mol. The minimum atomic E-state index is -4.37. The van der Waals surface area contributed by atoms with Crippen LogP contribution in [0.2, 0.25) is 0 Å². The van der Waals surface area contributed by atoms with Gasteiger partial charge < -0.3 is 14.0 Å². The molecule has 2 aromatic heterocycles. The van der Waals surface area contributed by atoms with Gasteiger partial charge in [-0.3, -0.25) is 9.59 Å². The van der Waals surface area contributed by atoms with Crippen molar-refractivity contribution in [3.05, 3.63) is 69.3 Å². The molecule has 5 rings (SSSR count). The van der Waals surface area contributed by atoms with Crippen LogP contribution < -0.4 is 5.56 Å². The Hall–Kier alpha value is -3.03. The number of fused-ring (bicyclic) bond motifs is 2. The fourth-order valence-electron chi connectivity index (χ4n) is 5.31. The molecule has 0 N–H and O–H groups in total. The Labute approximate surface area is 176 Å². The summed E-state index contributed by atoms with van der Waals surface area (Å²) in [6.45, 7) is 2.90. The number of halogens is 3. The number of aryl methyl sites for hydroxylation is 3. The third-order valence-corrected chi connectivity index (χ3v) is 6.93. The quantitative estimate of drug-likeness (QED) is 0.625. The number of likely N-dealkylation sites (tertiary alicyclic amines) is 1. The Morgan fingerprint density at radius 2 is 1.77 bits per heavy atom. The van der Waals surface area contributed by atoms with Crippen molar-refractivity contribution in [2.75, 3.05) is 13.1 Å². The number of benzene rings is 1. The molecule has 2 aliphatic rings. The van der Waals surface area contributed by atoms with Crippen LogP contribution in [0.4, 0.5) is 13.2 Å². The summed E-state index contributed by atoms with van der Waals surface area (Å²) in [5.41, 5.74) is 1.70. The zero-order valence-corrected chi connectivity index (χ0v) is 17.5. The highest BCUT2D eigenvalue weighted by atomic mass is 19.4. The number of carbonyl (C=O) groups excluding carboxylic acids is 1. The highest BCUT2D eigenvalue weighted by Gasteiger charge is 2.61. The maximum atomic E-state index is 13.4. The Balaban J connectivity index is 1.47. The van der Waals surface area contributed by atoms with E-state index in [0.717, 1.165) is 35.2 Å². The van der Waals surface area contributed by atoms with Gasteiger partial charge in [0, 0.05) is 45.0 Å². The SMILES string of the molecule is Cc1cn(C)c(=O)c2c(C(=O)N3CC4CC4(c4ccc(C(F)(F)F)cc4)C3)cn(C)c12. The van der Waals surface area contributed by atoms with E-state index >= 15 is 0 Å². The number of piperidine rings is 1. The van der Waals surface area contributed by atoms with E-state index in [9.17, 15) is 22.8 Å². The summed E-state index contributed by atoms with van der Waals surface area (Å²) in [4.78, 5) is 27.9. The number of alkyl halides is 3.